The number of nitrogens with one attached hydrogen (secondary N) is 2. The van der Waals surface area contributed by atoms with Gasteiger partial charge in [-0.2, -0.15) is 0 Å². The topological polar surface area (TPSA) is 79.9 Å². The molecule has 0 aliphatic carbocycles. The highest BCUT2D eigenvalue weighted by molar-refractivity contribution is 6.02. The maximum atomic E-state index is 13.3. The molecule has 7 nitrogen and oxygen atoms in total. The average molecular weight is 421 g/mol. The van der Waals surface area contributed by atoms with E-state index >= 15 is 0 Å². The Morgan fingerprint density at radius 1 is 1.03 bits per heavy atom. The summed E-state index contributed by atoms with van der Waals surface area (Å²) in [4.78, 5) is 28.0. The Morgan fingerprint density at radius 3 is 2.45 bits per heavy atom. The van der Waals surface area contributed by atoms with Gasteiger partial charge in [0.2, 0.25) is 5.91 Å². The Labute approximate surface area is 181 Å². The summed E-state index contributed by atoms with van der Waals surface area (Å²) in [7, 11) is 3.19. The fourth-order valence-corrected chi connectivity index (χ4v) is 5.48. The second kappa shape index (κ2) is 7.48. The first kappa shape index (κ1) is 19.7. The van der Waals surface area contributed by atoms with Crippen molar-refractivity contribution in [2.45, 2.75) is 49.9 Å². The molecule has 2 atom stereocenters. The van der Waals surface area contributed by atoms with Gasteiger partial charge in [-0.05, 0) is 42.7 Å². The van der Waals surface area contributed by atoms with Crippen LogP contribution in [-0.2, 0) is 11.2 Å². The van der Waals surface area contributed by atoms with Gasteiger partial charge in [0.25, 0.3) is 5.91 Å². The highest BCUT2D eigenvalue weighted by Gasteiger charge is 2.52. The summed E-state index contributed by atoms with van der Waals surface area (Å²) in [5.74, 6) is 1.36. The van der Waals surface area contributed by atoms with E-state index in [1.165, 1.54) is 0 Å². The van der Waals surface area contributed by atoms with Crippen LogP contribution in [0.4, 0.5) is 5.69 Å². The van der Waals surface area contributed by atoms with Crippen LogP contribution in [-0.4, -0.2) is 48.7 Å². The number of hydrogen-bond acceptors (Lipinski definition) is 5. The van der Waals surface area contributed by atoms with Crippen molar-refractivity contribution in [3.8, 4) is 11.5 Å². The number of fused-ring (bicyclic) bond motifs is 3. The Hall–Kier alpha value is -3.22. The first-order valence-corrected chi connectivity index (χ1v) is 10.7. The molecular weight excluding hydrogens is 394 g/mol. The van der Waals surface area contributed by atoms with Gasteiger partial charge in [0, 0.05) is 30.6 Å². The number of carbonyl (C=O) groups is 2. The van der Waals surface area contributed by atoms with Crippen molar-refractivity contribution in [1.82, 2.24) is 10.2 Å². The molecule has 3 aliphatic rings. The molecule has 7 heteroatoms. The maximum Gasteiger partial charge on any atom is 0.255 e. The van der Waals surface area contributed by atoms with Gasteiger partial charge in [0.05, 0.1) is 26.2 Å². The normalized spacial score (nSPS) is 26.1. The lowest BCUT2D eigenvalue weighted by atomic mass is 9.87. The van der Waals surface area contributed by atoms with Crippen LogP contribution in [0.5, 0.6) is 11.5 Å². The molecular formula is C24H27N3O4. The van der Waals surface area contributed by atoms with Crippen molar-refractivity contribution in [1.29, 1.82) is 0 Å². The van der Waals surface area contributed by atoms with Crippen LogP contribution in [0, 0.1) is 0 Å². The third kappa shape index (κ3) is 3.38. The van der Waals surface area contributed by atoms with Crippen molar-refractivity contribution >= 4 is 17.5 Å². The number of rotatable bonds is 4. The van der Waals surface area contributed by atoms with Crippen LogP contribution in [0.15, 0.2) is 42.5 Å². The van der Waals surface area contributed by atoms with E-state index in [4.69, 9.17) is 9.47 Å². The van der Waals surface area contributed by atoms with Gasteiger partial charge < -0.3 is 25.0 Å². The average Bonchev–Trinajstić information content (AvgIpc) is 3.05. The van der Waals surface area contributed by atoms with Crippen LogP contribution in [0.25, 0.3) is 0 Å². The number of carbonyl (C=O) groups excluding carboxylic acids is 2. The molecule has 0 aromatic heterocycles. The van der Waals surface area contributed by atoms with E-state index in [0.717, 1.165) is 24.1 Å². The van der Waals surface area contributed by atoms with E-state index in [-0.39, 0.29) is 23.9 Å². The molecule has 3 aliphatic heterocycles. The lowest BCUT2D eigenvalue weighted by molar-refractivity contribution is -0.135. The SMILES string of the molecule is COc1ccc(CC(=O)N2C3CCC2CC2(C3)NC(=O)c3ccccc3N2)cc1OC. The molecule has 5 rings (SSSR count). The van der Waals surface area contributed by atoms with Crippen LogP contribution < -0.4 is 20.1 Å². The monoisotopic (exact) mass is 421 g/mol. The van der Waals surface area contributed by atoms with Gasteiger partial charge in [0.15, 0.2) is 11.5 Å². The number of nitrogens with zero attached hydrogens (tertiary/aromatic N) is 1. The molecule has 31 heavy (non-hydrogen) atoms. The second-order valence-corrected chi connectivity index (χ2v) is 8.67. The van der Waals surface area contributed by atoms with Crippen LogP contribution in [0.3, 0.4) is 0 Å². The zero-order chi connectivity index (χ0) is 21.6. The summed E-state index contributed by atoms with van der Waals surface area (Å²) in [6.45, 7) is 0. The zero-order valence-electron chi connectivity index (χ0n) is 17.8. The lowest BCUT2D eigenvalue weighted by Gasteiger charge is -2.49. The summed E-state index contributed by atoms with van der Waals surface area (Å²) < 4.78 is 10.7. The van der Waals surface area contributed by atoms with Crippen molar-refractivity contribution in [3.63, 3.8) is 0 Å². The molecule has 2 fully saturated rings. The maximum absolute atomic E-state index is 13.3. The van der Waals surface area contributed by atoms with Gasteiger partial charge in [-0.1, -0.05) is 18.2 Å². The molecule has 2 saturated heterocycles. The van der Waals surface area contributed by atoms with Crippen molar-refractivity contribution in [2.24, 2.45) is 0 Å². The Bertz CT molecular complexity index is 1020. The largest absolute Gasteiger partial charge is 0.493 e. The first-order valence-electron chi connectivity index (χ1n) is 10.7. The number of hydrogen-bond donors (Lipinski definition) is 2. The summed E-state index contributed by atoms with van der Waals surface area (Å²) in [6, 6.07) is 13.4. The first-order chi connectivity index (χ1) is 15.0. The van der Waals surface area contributed by atoms with Crippen molar-refractivity contribution in [3.05, 3.63) is 53.6 Å². The van der Waals surface area contributed by atoms with E-state index in [1.807, 2.05) is 42.5 Å². The van der Waals surface area contributed by atoms with Crippen molar-refractivity contribution in [2.75, 3.05) is 19.5 Å². The molecule has 2 aromatic rings. The fourth-order valence-electron chi connectivity index (χ4n) is 5.48. The van der Waals surface area contributed by atoms with Crippen LogP contribution in [0.2, 0.25) is 0 Å². The quantitative estimate of drug-likeness (QED) is 0.794. The summed E-state index contributed by atoms with van der Waals surface area (Å²) in [6.07, 6.45) is 3.66. The highest BCUT2D eigenvalue weighted by atomic mass is 16.5. The second-order valence-electron chi connectivity index (χ2n) is 8.67. The number of amides is 2. The minimum absolute atomic E-state index is 0.0427. The summed E-state index contributed by atoms with van der Waals surface area (Å²) >= 11 is 0. The minimum Gasteiger partial charge on any atom is -0.493 e. The molecule has 162 valence electrons. The van der Waals surface area contributed by atoms with Gasteiger partial charge in [0.1, 0.15) is 5.66 Å². The standard InChI is InChI=1S/C24H27N3O4/c1-30-20-10-7-15(11-21(20)31-2)12-22(28)27-16-8-9-17(27)14-24(13-16)25-19-6-4-3-5-18(19)23(29)26-24/h3-7,10-11,16-17,25H,8-9,12-14H2,1-2H3,(H,26,29). The number of ether oxygens (including phenoxy) is 2. The van der Waals surface area contributed by atoms with E-state index in [2.05, 4.69) is 15.5 Å². The number of methoxy groups -OCH3 is 2. The number of benzene rings is 2. The third-order valence-electron chi connectivity index (χ3n) is 6.78. The molecule has 2 N–H and O–H groups in total. The smallest absolute Gasteiger partial charge is 0.255 e. The molecule has 2 unspecified atom stereocenters. The predicted octanol–water partition coefficient (Wildman–Crippen LogP) is 2.95. The minimum atomic E-state index is -0.489. The third-order valence-corrected chi connectivity index (χ3v) is 6.78. The van der Waals surface area contributed by atoms with Crippen molar-refractivity contribution < 1.29 is 19.1 Å². The predicted molar refractivity (Wildman–Crippen MR) is 116 cm³/mol. The van der Waals surface area contributed by atoms with Crippen LogP contribution >= 0.6 is 0 Å². The van der Waals surface area contributed by atoms with E-state index in [1.54, 1.807) is 14.2 Å². The molecule has 0 saturated carbocycles. The molecule has 2 bridgehead atoms. The number of para-hydroxylation sites is 1. The summed E-state index contributed by atoms with van der Waals surface area (Å²) in [5.41, 5.74) is 1.96. The Balaban J connectivity index is 1.33. The van der Waals surface area contributed by atoms with Gasteiger partial charge in [-0.3, -0.25) is 9.59 Å². The van der Waals surface area contributed by atoms with E-state index in [0.29, 0.717) is 36.3 Å². The molecule has 3 heterocycles. The van der Waals surface area contributed by atoms with Gasteiger partial charge in [-0.15, -0.1) is 0 Å². The van der Waals surface area contributed by atoms with Gasteiger partial charge >= 0.3 is 0 Å². The Kier molecular flexibility index (Phi) is 4.76. The molecule has 1 spiro atoms. The molecule has 2 aromatic carbocycles. The highest BCUT2D eigenvalue weighted by Crippen LogP contribution is 2.43. The molecule has 0 radical (unpaired) electrons. The zero-order valence-corrected chi connectivity index (χ0v) is 17.8. The van der Waals surface area contributed by atoms with Crippen LogP contribution in [0.1, 0.15) is 41.6 Å². The van der Waals surface area contributed by atoms with Gasteiger partial charge in [-0.25, -0.2) is 0 Å². The Morgan fingerprint density at radius 2 is 1.74 bits per heavy atom. The number of piperidine rings is 1. The molecule has 2 amide bonds. The van der Waals surface area contributed by atoms with E-state index < -0.39 is 5.66 Å². The number of anilines is 1. The van der Waals surface area contributed by atoms with E-state index in [9.17, 15) is 9.59 Å². The fraction of sp³-hybridized carbons (Fsp3) is 0.417. The summed E-state index contributed by atoms with van der Waals surface area (Å²) in [5, 5.41) is 6.79. The lowest BCUT2D eigenvalue weighted by Crippen LogP contribution is -2.65.